The molecule has 2 aromatic rings. The minimum atomic E-state index is -1.89. The summed E-state index contributed by atoms with van der Waals surface area (Å²) < 4.78 is 67.6. The number of carbonyl (C=O) groups excluding carboxylic acids is 9. The lowest BCUT2D eigenvalue weighted by atomic mass is 9.97. The van der Waals surface area contributed by atoms with Crippen molar-refractivity contribution in [2.45, 2.75) is 117 Å². The average molecular weight is 933 g/mol. The maximum atomic E-state index is 14.0. The molecule has 2 aliphatic rings. The monoisotopic (exact) mass is 932 g/mol. The third kappa shape index (κ3) is 14.6. The second-order valence-corrected chi connectivity index (χ2v) is 14.5. The van der Waals surface area contributed by atoms with Crippen LogP contribution in [0.15, 0.2) is 42.5 Å². The van der Waals surface area contributed by atoms with Crippen LogP contribution in [0.3, 0.4) is 0 Å². The number of carbonyl (C=O) groups is 9. The summed E-state index contributed by atoms with van der Waals surface area (Å²) in [6.07, 6.45) is -14.2. The predicted molar refractivity (Wildman–Crippen MR) is 215 cm³/mol. The fourth-order valence-electron chi connectivity index (χ4n) is 6.63. The Kier molecular flexibility index (Phi) is 18.0. The molecule has 10 atom stereocenters. The SMILES string of the molecule is CC(=O)OC[C@H]1OC(Oc2ccc(C(=O)C=Cc3ccc(O)cc3O)c(OC3O[C@H](COC(C)=O)[C@@H](OC(C)=O)[C@H](OC(C)=O)[C@H]3OC(C)=O)c2)[C@H](OC(C)=O)[C@@H](OC(C)=O)[C@@H]1OC(C)=O. The van der Waals surface area contributed by atoms with Gasteiger partial charge in [0.2, 0.25) is 24.8 Å². The van der Waals surface area contributed by atoms with Crippen LogP contribution < -0.4 is 9.47 Å². The van der Waals surface area contributed by atoms with Crippen LogP contribution in [0.4, 0.5) is 0 Å². The maximum absolute atomic E-state index is 14.0. The highest BCUT2D eigenvalue weighted by molar-refractivity contribution is 6.09. The molecular formula is C43H48O23. The zero-order valence-electron chi connectivity index (χ0n) is 36.8. The smallest absolute Gasteiger partial charge is 0.303 e. The van der Waals surface area contributed by atoms with Gasteiger partial charge in [0.05, 0.1) is 5.56 Å². The van der Waals surface area contributed by atoms with Crippen LogP contribution in [0.2, 0.25) is 0 Å². The van der Waals surface area contributed by atoms with Crippen LogP contribution in [0.25, 0.3) is 6.08 Å². The summed E-state index contributed by atoms with van der Waals surface area (Å²) in [6, 6.07) is 7.07. The Morgan fingerprint density at radius 1 is 0.515 bits per heavy atom. The van der Waals surface area contributed by atoms with Crippen LogP contribution >= 0.6 is 0 Å². The lowest BCUT2D eigenvalue weighted by Crippen LogP contribution is -2.63. The van der Waals surface area contributed by atoms with Gasteiger partial charge in [-0.25, -0.2) is 0 Å². The highest BCUT2D eigenvalue weighted by Gasteiger charge is 2.55. The van der Waals surface area contributed by atoms with E-state index in [1.54, 1.807) is 0 Å². The van der Waals surface area contributed by atoms with Crippen molar-refractivity contribution in [3.8, 4) is 23.0 Å². The Balaban J connectivity index is 1.90. The first-order chi connectivity index (χ1) is 31.0. The van der Waals surface area contributed by atoms with Gasteiger partial charge in [-0.2, -0.15) is 0 Å². The van der Waals surface area contributed by atoms with Gasteiger partial charge in [0, 0.05) is 73.1 Å². The molecule has 2 unspecified atom stereocenters. The first kappa shape index (κ1) is 51.4. The fraction of sp³-hybridized carbons (Fsp3) is 0.465. The lowest BCUT2D eigenvalue weighted by Gasteiger charge is -2.44. The van der Waals surface area contributed by atoms with Crippen LogP contribution in [0.1, 0.15) is 71.3 Å². The standard InChI is InChI=1S/C43H48O23/c1-19(44)55-17-34-36(57-21(3)46)38(59-23(5)48)40(61-25(7)50)42(65-34)63-29-12-13-30(31(53)14-10-27-9-11-28(52)15-32(27)54)33(16-29)64-43-41(62-26(8)51)39(60-24(6)49)37(58-22(4)47)35(66-43)18-56-20(2)45/h9-16,34-43,52,54H,17-18H2,1-8H3/t34-,35-,36-,37-,38+,39+,40-,41-,42?,43?/m1/s1. The van der Waals surface area contributed by atoms with E-state index in [9.17, 15) is 53.4 Å². The van der Waals surface area contributed by atoms with E-state index < -0.39 is 134 Å². The molecule has 358 valence electrons. The van der Waals surface area contributed by atoms with E-state index in [1.165, 1.54) is 30.3 Å². The Morgan fingerprint density at radius 2 is 0.939 bits per heavy atom. The molecule has 0 spiro atoms. The van der Waals surface area contributed by atoms with Gasteiger partial charge in [-0.05, 0) is 36.4 Å². The molecule has 23 nitrogen and oxygen atoms in total. The summed E-state index contributed by atoms with van der Waals surface area (Å²) in [5, 5.41) is 20.1. The van der Waals surface area contributed by atoms with Crippen molar-refractivity contribution in [2.75, 3.05) is 13.2 Å². The largest absolute Gasteiger partial charge is 0.508 e. The normalized spacial score (nSPS) is 24.7. The fourth-order valence-corrected chi connectivity index (χ4v) is 6.63. The molecule has 0 aliphatic carbocycles. The van der Waals surface area contributed by atoms with Crippen LogP contribution in [0.5, 0.6) is 23.0 Å². The number of aromatic hydroxyl groups is 2. The van der Waals surface area contributed by atoms with E-state index in [4.69, 9.17) is 56.8 Å². The number of ether oxygens (including phenoxy) is 12. The van der Waals surface area contributed by atoms with Crippen molar-refractivity contribution in [2.24, 2.45) is 0 Å². The van der Waals surface area contributed by atoms with E-state index in [1.807, 2.05) is 0 Å². The van der Waals surface area contributed by atoms with Crippen molar-refractivity contribution in [3.05, 3.63) is 53.6 Å². The summed E-state index contributed by atoms with van der Waals surface area (Å²) >= 11 is 0. The third-order valence-corrected chi connectivity index (χ3v) is 9.04. The van der Waals surface area contributed by atoms with Crippen LogP contribution in [0, 0.1) is 0 Å². The minimum Gasteiger partial charge on any atom is -0.508 e. The first-order valence-corrected chi connectivity index (χ1v) is 19.9. The summed E-state index contributed by atoms with van der Waals surface area (Å²) in [4.78, 5) is 112. The van der Waals surface area contributed by atoms with Gasteiger partial charge in [0.1, 0.15) is 48.4 Å². The number of allylic oxidation sites excluding steroid dienone is 1. The van der Waals surface area contributed by atoms with Gasteiger partial charge in [0.15, 0.2) is 30.2 Å². The van der Waals surface area contributed by atoms with E-state index in [0.29, 0.717) is 0 Å². The number of ketones is 1. The van der Waals surface area contributed by atoms with E-state index in [2.05, 4.69) is 0 Å². The minimum absolute atomic E-state index is 0.104. The predicted octanol–water partition coefficient (Wildman–Crippen LogP) is 1.92. The Hall–Kier alpha value is -7.27. The Morgan fingerprint density at radius 3 is 1.36 bits per heavy atom. The Labute approximate surface area is 376 Å². The summed E-state index contributed by atoms with van der Waals surface area (Å²) in [5.74, 6) is -9.29. The first-order valence-electron chi connectivity index (χ1n) is 19.9. The number of phenols is 2. The van der Waals surface area contributed by atoms with Gasteiger partial charge >= 0.3 is 47.8 Å². The molecule has 23 heteroatoms. The summed E-state index contributed by atoms with van der Waals surface area (Å²) in [6.45, 7) is 7.03. The second-order valence-electron chi connectivity index (χ2n) is 14.5. The van der Waals surface area contributed by atoms with Crippen LogP contribution in [-0.2, 0) is 85.7 Å². The molecule has 4 rings (SSSR count). The zero-order valence-corrected chi connectivity index (χ0v) is 36.8. The molecule has 2 N–H and O–H groups in total. The highest BCUT2D eigenvalue weighted by atomic mass is 16.8. The topological polar surface area (TPSA) is 305 Å². The summed E-state index contributed by atoms with van der Waals surface area (Å²) in [7, 11) is 0. The number of benzene rings is 2. The number of hydrogen-bond donors (Lipinski definition) is 2. The van der Waals surface area contributed by atoms with Crippen LogP contribution in [-0.4, -0.2) is 138 Å². The van der Waals surface area contributed by atoms with Crippen molar-refractivity contribution in [3.63, 3.8) is 0 Å². The molecule has 2 heterocycles. The number of rotatable bonds is 17. The molecule has 2 aromatic carbocycles. The van der Waals surface area contributed by atoms with Gasteiger partial charge < -0.3 is 67.1 Å². The molecule has 2 fully saturated rings. The molecule has 66 heavy (non-hydrogen) atoms. The van der Waals surface area contributed by atoms with Crippen molar-refractivity contribution in [1.82, 2.24) is 0 Å². The number of esters is 8. The molecular weight excluding hydrogens is 884 g/mol. The molecule has 2 aliphatic heterocycles. The maximum Gasteiger partial charge on any atom is 0.303 e. The van der Waals surface area contributed by atoms with E-state index in [-0.39, 0.29) is 28.4 Å². The zero-order chi connectivity index (χ0) is 49.0. The average Bonchev–Trinajstić information content (AvgIpc) is 3.19. The molecule has 0 amide bonds. The molecule has 0 radical (unpaired) electrons. The van der Waals surface area contributed by atoms with Crippen molar-refractivity contribution in [1.29, 1.82) is 0 Å². The second kappa shape index (κ2) is 23.1. The molecule has 0 aromatic heterocycles. The van der Waals surface area contributed by atoms with Crippen molar-refractivity contribution >= 4 is 59.6 Å². The van der Waals surface area contributed by atoms with E-state index in [0.717, 1.165) is 73.6 Å². The van der Waals surface area contributed by atoms with E-state index >= 15 is 0 Å². The van der Waals surface area contributed by atoms with Gasteiger partial charge in [-0.1, -0.05) is 0 Å². The highest BCUT2D eigenvalue weighted by Crippen LogP contribution is 2.36. The number of phenolic OH excluding ortho intramolecular Hbond substituents is 2. The van der Waals surface area contributed by atoms with Gasteiger partial charge in [-0.15, -0.1) is 0 Å². The molecule has 2 saturated heterocycles. The lowest BCUT2D eigenvalue weighted by molar-refractivity contribution is -0.289. The third-order valence-electron chi connectivity index (χ3n) is 9.04. The quantitative estimate of drug-likeness (QED) is 0.0990. The Bertz CT molecular complexity index is 2200. The van der Waals surface area contributed by atoms with Gasteiger partial charge in [-0.3, -0.25) is 43.2 Å². The molecule has 0 bridgehead atoms. The summed E-state index contributed by atoms with van der Waals surface area (Å²) in [5.41, 5.74) is -0.182. The van der Waals surface area contributed by atoms with Crippen molar-refractivity contribution < 1.29 is 110 Å². The molecule has 0 saturated carbocycles. The number of hydrogen-bond acceptors (Lipinski definition) is 23. The van der Waals surface area contributed by atoms with Gasteiger partial charge in [0.25, 0.3) is 0 Å².